The molecule has 0 radical (unpaired) electrons. The maximum absolute atomic E-state index is 6.31. The lowest BCUT2D eigenvalue weighted by molar-refractivity contribution is 0.438. The van der Waals surface area contributed by atoms with Gasteiger partial charge in [0.25, 0.3) is 0 Å². The second-order valence-corrected chi connectivity index (χ2v) is 5.45. The Balaban J connectivity index is 2.34. The molecule has 2 N–H and O–H groups in total. The number of hydrogen-bond acceptors (Lipinski definition) is 2. The van der Waals surface area contributed by atoms with E-state index in [1.165, 1.54) is 37.8 Å². The first-order valence-corrected chi connectivity index (χ1v) is 7.01. The van der Waals surface area contributed by atoms with Crippen molar-refractivity contribution in [3.05, 3.63) is 11.5 Å². The Bertz CT molecular complexity index is 373. The molecule has 0 bridgehead atoms. The van der Waals surface area contributed by atoms with Gasteiger partial charge in [-0.2, -0.15) is 0 Å². The Hall–Kier alpha value is -0.990. The molecule has 3 nitrogen and oxygen atoms in total. The van der Waals surface area contributed by atoms with Crippen molar-refractivity contribution in [2.75, 3.05) is 5.73 Å². The fourth-order valence-corrected chi connectivity index (χ4v) is 3.01. The van der Waals surface area contributed by atoms with E-state index in [0.29, 0.717) is 12.0 Å². The summed E-state index contributed by atoms with van der Waals surface area (Å²) < 4.78 is 2.21. The number of nitrogens with zero attached hydrogens (tertiary/aromatic N) is 2. The maximum atomic E-state index is 6.31. The van der Waals surface area contributed by atoms with Gasteiger partial charge < -0.3 is 10.3 Å². The number of aryl methyl sites for hydroxylation is 1. The summed E-state index contributed by atoms with van der Waals surface area (Å²) >= 11 is 0. The van der Waals surface area contributed by atoms with Gasteiger partial charge in [-0.15, -0.1) is 0 Å². The Kier molecular flexibility index (Phi) is 3.75. The highest BCUT2D eigenvalue weighted by molar-refractivity contribution is 5.41. The summed E-state index contributed by atoms with van der Waals surface area (Å²) in [6.07, 6.45) is 7.54. The standard InChI is InChI=1S/C14H25N3/c1-4-12-16-13(11-8-6-5-7-9-11)14(15)17(12)10(2)3/h10-11H,4-9,15H2,1-3H3. The first-order valence-electron chi connectivity index (χ1n) is 7.01. The van der Waals surface area contributed by atoms with Crippen molar-refractivity contribution < 1.29 is 0 Å². The smallest absolute Gasteiger partial charge is 0.127 e. The van der Waals surface area contributed by atoms with Crippen LogP contribution in [0.25, 0.3) is 0 Å². The van der Waals surface area contributed by atoms with Crippen LogP contribution in [0.15, 0.2) is 0 Å². The van der Waals surface area contributed by atoms with Gasteiger partial charge in [0.05, 0.1) is 5.69 Å². The van der Waals surface area contributed by atoms with Crippen molar-refractivity contribution in [3.63, 3.8) is 0 Å². The molecule has 1 aromatic rings. The number of rotatable bonds is 3. The SMILES string of the molecule is CCc1nc(C2CCCCC2)c(N)n1C(C)C. The molecule has 0 atom stereocenters. The van der Waals surface area contributed by atoms with E-state index in [1.807, 2.05) is 0 Å². The third-order valence-electron chi connectivity index (χ3n) is 3.87. The minimum absolute atomic E-state index is 0.412. The molecule has 1 heterocycles. The number of hydrogen-bond donors (Lipinski definition) is 1. The van der Waals surface area contributed by atoms with Crippen LogP contribution in [0.2, 0.25) is 0 Å². The van der Waals surface area contributed by atoms with Crippen LogP contribution in [0.4, 0.5) is 5.82 Å². The summed E-state index contributed by atoms with van der Waals surface area (Å²) in [4.78, 5) is 4.81. The normalized spacial score (nSPS) is 17.9. The molecule has 1 fully saturated rings. The van der Waals surface area contributed by atoms with Crippen LogP contribution >= 0.6 is 0 Å². The van der Waals surface area contributed by atoms with Crippen molar-refractivity contribution in [2.24, 2.45) is 0 Å². The third-order valence-corrected chi connectivity index (χ3v) is 3.87. The summed E-state index contributed by atoms with van der Waals surface area (Å²) in [6.45, 7) is 6.52. The Morgan fingerprint density at radius 1 is 1.29 bits per heavy atom. The zero-order valence-corrected chi connectivity index (χ0v) is 11.4. The molecule has 0 aliphatic heterocycles. The van der Waals surface area contributed by atoms with Crippen molar-refractivity contribution in [3.8, 4) is 0 Å². The first kappa shape index (κ1) is 12.5. The van der Waals surface area contributed by atoms with Gasteiger partial charge in [-0.1, -0.05) is 26.2 Å². The average Bonchev–Trinajstić information content (AvgIpc) is 2.67. The lowest BCUT2D eigenvalue weighted by atomic mass is 9.87. The minimum Gasteiger partial charge on any atom is -0.384 e. The molecule has 1 aliphatic rings. The monoisotopic (exact) mass is 235 g/mol. The van der Waals surface area contributed by atoms with Crippen molar-refractivity contribution in [1.29, 1.82) is 0 Å². The van der Waals surface area contributed by atoms with Crippen LogP contribution < -0.4 is 5.73 Å². The molecule has 0 amide bonds. The molecular formula is C14H25N3. The van der Waals surface area contributed by atoms with Crippen LogP contribution in [0, 0.1) is 0 Å². The second kappa shape index (κ2) is 5.11. The minimum atomic E-state index is 0.412. The molecule has 2 rings (SSSR count). The Morgan fingerprint density at radius 2 is 1.94 bits per heavy atom. The topological polar surface area (TPSA) is 43.8 Å². The van der Waals surface area contributed by atoms with E-state index in [2.05, 4.69) is 25.3 Å². The predicted octanol–water partition coefficient (Wildman–Crippen LogP) is 3.66. The van der Waals surface area contributed by atoms with E-state index >= 15 is 0 Å². The highest BCUT2D eigenvalue weighted by Crippen LogP contribution is 2.36. The number of anilines is 1. The van der Waals surface area contributed by atoms with Gasteiger partial charge >= 0.3 is 0 Å². The molecule has 3 heteroatoms. The quantitative estimate of drug-likeness (QED) is 0.869. The fourth-order valence-electron chi connectivity index (χ4n) is 3.01. The van der Waals surface area contributed by atoms with E-state index in [-0.39, 0.29) is 0 Å². The van der Waals surface area contributed by atoms with Crippen LogP contribution in [0.1, 0.15) is 76.4 Å². The Morgan fingerprint density at radius 3 is 2.41 bits per heavy atom. The molecule has 0 unspecified atom stereocenters. The second-order valence-electron chi connectivity index (χ2n) is 5.45. The van der Waals surface area contributed by atoms with E-state index < -0.39 is 0 Å². The van der Waals surface area contributed by atoms with Gasteiger partial charge in [0.2, 0.25) is 0 Å². The van der Waals surface area contributed by atoms with Crippen LogP contribution in [-0.4, -0.2) is 9.55 Å². The zero-order chi connectivity index (χ0) is 12.4. The Labute approximate surface area is 104 Å². The number of nitrogens with two attached hydrogens (primary N) is 1. The number of nitrogen functional groups attached to an aromatic ring is 1. The molecule has 17 heavy (non-hydrogen) atoms. The van der Waals surface area contributed by atoms with Crippen molar-refractivity contribution >= 4 is 5.82 Å². The van der Waals surface area contributed by atoms with Crippen molar-refractivity contribution in [1.82, 2.24) is 9.55 Å². The number of imidazole rings is 1. The summed E-state index contributed by atoms with van der Waals surface area (Å²) in [5, 5.41) is 0. The lowest BCUT2D eigenvalue weighted by Gasteiger charge is -2.20. The molecule has 1 aliphatic carbocycles. The van der Waals surface area contributed by atoms with Gasteiger partial charge in [-0.05, 0) is 26.7 Å². The molecule has 96 valence electrons. The summed E-state index contributed by atoms with van der Waals surface area (Å²) in [7, 11) is 0. The van der Waals surface area contributed by atoms with Crippen LogP contribution in [0.3, 0.4) is 0 Å². The van der Waals surface area contributed by atoms with Gasteiger partial charge in [-0.25, -0.2) is 4.98 Å². The molecule has 0 spiro atoms. The van der Waals surface area contributed by atoms with E-state index in [9.17, 15) is 0 Å². The van der Waals surface area contributed by atoms with E-state index in [0.717, 1.165) is 18.1 Å². The predicted molar refractivity (Wildman–Crippen MR) is 72.2 cm³/mol. The van der Waals surface area contributed by atoms with Gasteiger partial charge in [0.1, 0.15) is 11.6 Å². The molecule has 0 aromatic carbocycles. The van der Waals surface area contributed by atoms with E-state index in [4.69, 9.17) is 10.7 Å². The number of aromatic nitrogens is 2. The molecule has 0 saturated heterocycles. The fraction of sp³-hybridized carbons (Fsp3) is 0.786. The summed E-state index contributed by atoms with van der Waals surface area (Å²) in [5.41, 5.74) is 7.49. The summed E-state index contributed by atoms with van der Waals surface area (Å²) in [6, 6.07) is 0.412. The van der Waals surface area contributed by atoms with E-state index in [1.54, 1.807) is 0 Å². The lowest BCUT2D eigenvalue weighted by Crippen LogP contribution is -2.11. The highest BCUT2D eigenvalue weighted by atomic mass is 15.2. The van der Waals surface area contributed by atoms with Gasteiger partial charge in [0.15, 0.2) is 0 Å². The third kappa shape index (κ3) is 2.33. The maximum Gasteiger partial charge on any atom is 0.127 e. The highest BCUT2D eigenvalue weighted by Gasteiger charge is 2.24. The van der Waals surface area contributed by atoms with Gasteiger partial charge in [-0.3, -0.25) is 0 Å². The largest absolute Gasteiger partial charge is 0.384 e. The summed E-state index contributed by atoms with van der Waals surface area (Å²) in [5.74, 6) is 2.68. The first-order chi connectivity index (χ1) is 8.15. The van der Waals surface area contributed by atoms with Crippen molar-refractivity contribution in [2.45, 2.75) is 71.3 Å². The zero-order valence-electron chi connectivity index (χ0n) is 11.4. The average molecular weight is 235 g/mol. The molecular weight excluding hydrogens is 210 g/mol. The molecule has 1 aromatic heterocycles. The van der Waals surface area contributed by atoms with Crippen LogP contribution in [-0.2, 0) is 6.42 Å². The van der Waals surface area contributed by atoms with Gasteiger partial charge in [0, 0.05) is 18.4 Å². The molecule has 1 saturated carbocycles. The van der Waals surface area contributed by atoms with Crippen LogP contribution in [0.5, 0.6) is 0 Å².